The minimum atomic E-state index is -4.06. The van der Waals surface area contributed by atoms with Crippen molar-refractivity contribution in [3.05, 3.63) is 0 Å². The Labute approximate surface area is 165 Å². The van der Waals surface area contributed by atoms with Crippen molar-refractivity contribution in [1.29, 1.82) is 0 Å². The van der Waals surface area contributed by atoms with E-state index in [0.717, 1.165) is 25.7 Å². The van der Waals surface area contributed by atoms with E-state index in [0.29, 0.717) is 34.6 Å². The zero-order valence-corrected chi connectivity index (χ0v) is 19.0. The number of amides is 2. The maximum absolute atomic E-state index is 12.6. The Hall–Kier alpha value is -1.32. The molecule has 0 bridgehead atoms. The van der Waals surface area contributed by atoms with E-state index in [1.54, 1.807) is 0 Å². The molecular formula is C18H30N2O6Sn. The van der Waals surface area contributed by atoms with Crippen LogP contribution in [0, 0.1) is 0 Å². The monoisotopic (exact) mass is 490 g/mol. The molecule has 2 N–H and O–H groups in total. The van der Waals surface area contributed by atoms with E-state index in [9.17, 15) is 19.2 Å². The third kappa shape index (κ3) is 6.36. The number of nitrogens with one attached hydrogen (secondary N) is 2. The number of carbonyl (C=O) groups excluding carboxylic acids is 4. The van der Waals surface area contributed by atoms with Crippen LogP contribution in [-0.4, -0.2) is 55.0 Å². The van der Waals surface area contributed by atoms with Crippen LogP contribution < -0.4 is 10.6 Å². The first-order valence-electron chi connectivity index (χ1n) is 9.93. The Morgan fingerprint density at radius 1 is 0.889 bits per heavy atom. The second kappa shape index (κ2) is 10.3. The molecule has 0 spiro atoms. The van der Waals surface area contributed by atoms with Crippen LogP contribution in [0.25, 0.3) is 0 Å². The van der Waals surface area contributed by atoms with Crippen LogP contribution in [0.4, 0.5) is 0 Å². The molecule has 2 rings (SSSR count). The Kier molecular flexibility index (Phi) is 8.37. The van der Waals surface area contributed by atoms with Gasteiger partial charge in [0.05, 0.1) is 0 Å². The summed E-state index contributed by atoms with van der Waals surface area (Å²) in [7, 11) is 0. The average Bonchev–Trinajstić information content (AvgIpc) is 3.26. The third-order valence-electron chi connectivity index (χ3n) is 4.96. The SMILES string of the molecule is CCC[CH2][Sn]([CH2]CCC)([O]C(=O)[C@H]1CCC(=O)N1)[O]C(=O)[C@H]1CCC(=O)N1. The van der Waals surface area contributed by atoms with Crippen LogP contribution >= 0.6 is 0 Å². The zero-order valence-electron chi connectivity index (χ0n) is 16.2. The predicted molar refractivity (Wildman–Crippen MR) is 99.7 cm³/mol. The molecule has 8 nitrogen and oxygen atoms in total. The van der Waals surface area contributed by atoms with Crippen LogP contribution in [0.1, 0.15) is 65.2 Å². The van der Waals surface area contributed by atoms with Crippen LogP contribution in [0.3, 0.4) is 0 Å². The molecule has 2 aliphatic rings. The molecule has 27 heavy (non-hydrogen) atoms. The Morgan fingerprint density at radius 2 is 1.30 bits per heavy atom. The molecule has 0 aromatic rings. The van der Waals surface area contributed by atoms with Crippen molar-refractivity contribution >= 4 is 43.0 Å². The van der Waals surface area contributed by atoms with E-state index in [1.807, 2.05) is 13.8 Å². The molecule has 2 fully saturated rings. The fourth-order valence-corrected chi connectivity index (χ4v) is 13.3. The second-order valence-electron chi connectivity index (χ2n) is 7.28. The van der Waals surface area contributed by atoms with Crippen LogP contribution in [0.15, 0.2) is 0 Å². The molecular weight excluding hydrogens is 459 g/mol. The third-order valence-corrected chi connectivity index (χ3v) is 14.6. The summed E-state index contributed by atoms with van der Waals surface area (Å²) >= 11 is -4.06. The summed E-state index contributed by atoms with van der Waals surface area (Å²) in [5.41, 5.74) is 0. The summed E-state index contributed by atoms with van der Waals surface area (Å²) in [6.07, 6.45) is 4.87. The minimum absolute atomic E-state index is 0.162. The van der Waals surface area contributed by atoms with Crippen molar-refractivity contribution in [2.45, 2.75) is 86.2 Å². The van der Waals surface area contributed by atoms with E-state index >= 15 is 0 Å². The molecule has 0 aliphatic carbocycles. The summed E-state index contributed by atoms with van der Waals surface area (Å²) in [4.78, 5) is 48.1. The summed E-state index contributed by atoms with van der Waals surface area (Å²) in [6, 6.07) is -1.30. The van der Waals surface area contributed by atoms with Gasteiger partial charge in [0.1, 0.15) is 0 Å². The number of hydrogen-bond acceptors (Lipinski definition) is 6. The standard InChI is InChI=1S/2C5H7NO3.2C4H9.Sn/c2*7-4-2-1-3(6-4)5(8)9;2*1-3-4-2;/h2*3H,1-2H2,(H,6,7)(H,8,9);2*1,3-4H2,2H3;/q;;;;+2/p-2/t2*3-;;;/m11.../s1. The van der Waals surface area contributed by atoms with E-state index in [-0.39, 0.29) is 11.8 Å². The number of carbonyl (C=O) groups is 4. The van der Waals surface area contributed by atoms with Crippen LogP contribution in [0.2, 0.25) is 8.87 Å². The van der Waals surface area contributed by atoms with E-state index in [4.69, 9.17) is 6.15 Å². The second-order valence-corrected chi connectivity index (χ2v) is 16.5. The van der Waals surface area contributed by atoms with E-state index in [1.165, 1.54) is 0 Å². The predicted octanol–water partition coefficient (Wildman–Crippen LogP) is 1.67. The molecule has 2 aliphatic heterocycles. The molecule has 2 heterocycles. The molecule has 0 unspecified atom stereocenters. The van der Waals surface area contributed by atoms with Gasteiger partial charge in [-0.3, -0.25) is 0 Å². The van der Waals surface area contributed by atoms with Crippen molar-refractivity contribution in [2.75, 3.05) is 0 Å². The van der Waals surface area contributed by atoms with Gasteiger partial charge >= 0.3 is 165 Å². The summed E-state index contributed by atoms with van der Waals surface area (Å²) in [5, 5.41) is 5.25. The van der Waals surface area contributed by atoms with Gasteiger partial charge in [-0.25, -0.2) is 0 Å². The van der Waals surface area contributed by atoms with Crippen molar-refractivity contribution in [3.63, 3.8) is 0 Å². The first-order chi connectivity index (χ1) is 12.9. The van der Waals surface area contributed by atoms with E-state index < -0.39 is 43.2 Å². The molecule has 0 aromatic carbocycles. The normalized spacial score (nSPS) is 22.3. The van der Waals surface area contributed by atoms with Crippen LogP contribution in [-0.2, 0) is 25.3 Å². The van der Waals surface area contributed by atoms with Crippen molar-refractivity contribution in [1.82, 2.24) is 10.6 Å². The number of hydrogen-bond donors (Lipinski definition) is 2. The maximum atomic E-state index is 12.6. The van der Waals surface area contributed by atoms with Gasteiger partial charge in [0.15, 0.2) is 0 Å². The summed E-state index contributed by atoms with van der Waals surface area (Å²) in [5.74, 6) is -1.28. The zero-order chi connectivity index (χ0) is 19.9. The fourth-order valence-electron chi connectivity index (χ4n) is 3.33. The van der Waals surface area contributed by atoms with Gasteiger partial charge in [-0.15, -0.1) is 0 Å². The van der Waals surface area contributed by atoms with Crippen molar-refractivity contribution in [2.24, 2.45) is 0 Å². The molecule has 152 valence electrons. The Morgan fingerprint density at radius 3 is 1.59 bits per heavy atom. The molecule has 0 radical (unpaired) electrons. The Bertz CT molecular complexity index is 532. The van der Waals surface area contributed by atoms with Gasteiger partial charge in [-0.05, 0) is 0 Å². The molecule has 2 atom stereocenters. The number of unbranched alkanes of at least 4 members (excludes halogenated alkanes) is 2. The summed E-state index contributed by atoms with van der Waals surface area (Å²) < 4.78 is 13.1. The summed E-state index contributed by atoms with van der Waals surface area (Å²) in [6.45, 7) is 4.07. The number of rotatable bonds is 10. The van der Waals surface area contributed by atoms with Crippen LogP contribution in [0.5, 0.6) is 0 Å². The van der Waals surface area contributed by atoms with Gasteiger partial charge in [0.2, 0.25) is 0 Å². The molecule has 2 saturated heterocycles. The first-order valence-corrected chi connectivity index (χ1v) is 16.3. The first kappa shape index (κ1) is 22.0. The molecule has 9 heteroatoms. The van der Waals surface area contributed by atoms with Crippen molar-refractivity contribution in [3.8, 4) is 0 Å². The van der Waals surface area contributed by atoms with Crippen molar-refractivity contribution < 1.29 is 25.3 Å². The Balaban J connectivity index is 2.13. The van der Waals surface area contributed by atoms with Gasteiger partial charge in [-0.2, -0.15) is 0 Å². The average molecular weight is 489 g/mol. The molecule has 2 amide bonds. The van der Waals surface area contributed by atoms with Gasteiger partial charge in [0, 0.05) is 0 Å². The topological polar surface area (TPSA) is 111 Å². The fraction of sp³-hybridized carbons (Fsp3) is 0.778. The van der Waals surface area contributed by atoms with E-state index in [2.05, 4.69) is 10.6 Å². The van der Waals surface area contributed by atoms with Gasteiger partial charge in [-0.1, -0.05) is 0 Å². The van der Waals surface area contributed by atoms with Gasteiger partial charge < -0.3 is 0 Å². The molecule has 0 saturated carbocycles. The van der Waals surface area contributed by atoms with Gasteiger partial charge in [0.25, 0.3) is 0 Å². The quantitative estimate of drug-likeness (QED) is 0.452. The molecule has 0 aromatic heterocycles.